The molecule has 0 bridgehead atoms. The maximum Gasteiger partial charge on any atom is 0.330 e. The Hall–Kier alpha value is -1.64. The third-order valence-electron chi connectivity index (χ3n) is 1.87. The molecule has 0 N–H and O–H groups in total. The lowest BCUT2D eigenvalue weighted by atomic mass is 10.2. The van der Waals surface area contributed by atoms with Gasteiger partial charge in [-0.2, -0.15) is 0 Å². The van der Waals surface area contributed by atoms with Gasteiger partial charge in [0, 0.05) is 6.21 Å². The topological polar surface area (TPSA) is 38.7 Å². The molecule has 1 aromatic rings. The number of carbonyl (C=O) groups excluding carboxylic acids is 1. The molecule has 0 heterocycles. The number of aliphatic imine (C=N–C) groups is 1. The second kappa shape index (κ2) is 5.96. The van der Waals surface area contributed by atoms with Crippen molar-refractivity contribution in [3.8, 4) is 0 Å². The summed E-state index contributed by atoms with van der Waals surface area (Å²) in [4.78, 5) is 15.3. The average molecular weight is 205 g/mol. The molecule has 0 spiro atoms. The maximum absolute atomic E-state index is 11.2. The fourth-order valence-corrected chi connectivity index (χ4v) is 1.06. The first kappa shape index (κ1) is 11.4. The van der Waals surface area contributed by atoms with Gasteiger partial charge in [0.1, 0.15) is 6.04 Å². The van der Waals surface area contributed by atoms with Crippen molar-refractivity contribution in [3.63, 3.8) is 0 Å². The number of hydrogen-bond donors (Lipinski definition) is 0. The van der Waals surface area contributed by atoms with Gasteiger partial charge in [-0.1, -0.05) is 30.3 Å². The van der Waals surface area contributed by atoms with Crippen molar-refractivity contribution in [2.75, 3.05) is 6.61 Å². The number of rotatable bonds is 4. The molecule has 0 unspecified atom stereocenters. The van der Waals surface area contributed by atoms with Gasteiger partial charge < -0.3 is 4.74 Å². The second-order valence-corrected chi connectivity index (χ2v) is 3.12. The van der Waals surface area contributed by atoms with Crippen molar-refractivity contribution in [2.45, 2.75) is 19.9 Å². The highest BCUT2D eigenvalue weighted by molar-refractivity contribution is 5.83. The van der Waals surface area contributed by atoms with Crippen molar-refractivity contribution in [1.29, 1.82) is 0 Å². The van der Waals surface area contributed by atoms with Crippen LogP contribution >= 0.6 is 0 Å². The van der Waals surface area contributed by atoms with Gasteiger partial charge in [0.2, 0.25) is 0 Å². The first-order valence-corrected chi connectivity index (χ1v) is 4.99. The van der Waals surface area contributed by atoms with Gasteiger partial charge in [0.05, 0.1) is 6.61 Å². The van der Waals surface area contributed by atoms with E-state index >= 15 is 0 Å². The van der Waals surface area contributed by atoms with E-state index in [2.05, 4.69) is 4.99 Å². The predicted molar refractivity (Wildman–Crippen MR) is 60.1 cm³/mol. The van der Waals surface area contributed by atoms with E-state index in [0.29, 0.717) is 6.61 Å². The molecule has 0 fully saturated rings. The molecule has 1 aromatic carbocycles. The molecule has 80 valence electrons. The molecule has 15 heavy (non-hydrogen) atoms. The van der Waals surface area contributed by atoms with E-state index in [1.807, 2.05) is 30.3 Å². The molecule has 0 saturated heterocycles. The first-order valence-electron chi connectivity index (χ1n) is 4.99. The maximum atomic E-state index is 11.2. The molecular weight excluding hydrogens is 190 g/mol. The largest absolute Gasteiger partial charge is 0.464 e. The number of carbonyl (C=O) groups is 1. The third-order valence-corrected chi connectivity index (χ3v) is 1.87. The van der Waals surface area contributed by atoms with Gasteiger partial charge in [-0.25, -0.2) is 4.79 Å². The van der Waals surface area contributed by atoms with Gasteiger partial charge in [0.25, 0.3) is 0 Å². The summed E-state index contributed by atoms with van der Waals surface area (Å²) in [6.45, 7) is 3.90. The molecule has 0 aliphatic carbocycles. The van der Waals surface area contributed by atoms with Crippen LogP contribution in [-0.4, -0.2) is 24.8 Å². The van der Waals surface area contributed by atoms with E-state index in [0.717, 1.165) is 5.56 Å². The molecular formula is C12H15NO2. The first-order chi connectivity index (χ1) is 7.24. The van der Waals surface area contributed by atoms with Crippen LogP contribution in [0.4, 0.5) is 0 Å². The Bertz CT molecular complexity index is 333. The fraction of sp³-hybridized carbons (Fsp3) is 0.333. The molecule has 3 heteroatoms. The van der Waals surface area contributed by atoms with Crippen LogP contribution in [-0.2, 0) is 9.53 Å². The standard InChI is InChI=1S/C12H15NO2/c1-3-15-12(14)10(2)13-9-11-7-5-4-6-8-11/h4-10H,3H2,1-2H3/t10-/m1/s1. The minimum Gasteiger partial charge on any atom is -0.464 e. The second-order valence-electron chi connectivity index (χ2n) is 3.12. The lowest BCUT2D eigenvalue weighted by Gasteiger charge is -2.04. The lowest BCUT2D eigenvalue weighted by molar-refractivity contribution is -0.144. The highest BCUT2D eigenvalue weighted by atomic mass is 16.5. The van der Waals surface area contributed by atoms with E-state index < -0.39 is 6.04 Å². The number of nitrogens with zero attached hydrogens (tertiary/aromatic N) is 1. The lowest BCUT2D eigenvalue weighted by Crippen LogP contribution is -2.18. The highest BCUT2D eigenvalue weighted by Gasteiger charge is 2.10. The SMILES string of the molecule is CCOC(=O)[C@@H](C)N=Cc1ccccc1. The van der Waals surface area contributed by atoms with Crippen LogP contribution < -0.4 is 0 Å². The zero-order valence-electron chi connectivity index (χ0n) is 9.01. The summed E-state index contributed by atoms with van der Waals surface area (Å²) in [5.41, 5.74) is 0.980. The molecule has 3 nitrogen and oxygen atoms in total. The monoisotopic (exact) mass is 205 g/mol. The summed E-state index contributed by atoms with van der Waals surface area (Å²) < 4.78 is 4.84. The molecule has 0 aromatic heterocycles. The predicted octanol–water partition coefficient (Wildman–Crippen LogP) is 2.06. The van der Waals surface area contributed by atoms with Crippen LogP contribution in [0, 0.1) is 0 Å². The zero-order chi connectivity index (χ0) is 11.1. The highest BCUT2D eigenvalue weighted by Crippen LogP contribution is 1.98. The minimum atomic E-state index is -0.440. The van der Waals surface area contributed by atoms with E-state index in [9.17, 15) is 4.79 Å². The van der Waals surface area contributed by atoms with E-state index in [-0.39, 0.29) is 5.97 Å². The fourth-order valence-electron chi connectivity index (χ4n) is 1.06. The van der Waals surface area contributed by atoms with E-state index in [1.54, 1.807) is 20.1 Å². The van der Waals surface area contributed by atoms with Crippen LogP contribution in [0.15, 0.2) is 35.3 Å². The zero-order valence-corrected chi connectivity index (χ0v) is 9.01. The van der Waals surface area contributed by atoms with E-state index in [4.69, 9.17) is 4.74 Å². The molecule has 0 saturated carbocycles. The smallest absolute Gasteiger partial charge is 0.330 e. The third kappa shape index (κ3) is 3.94. The van der Waals surface area contributed by atoms with Crippen molar-refractivity contribution < 1.29 is 9.53 Å². The quantitative estimate of drug-likeness (QED) is 0.557. The summed E-state index contributed by atoms with van der Waals surface area (Å²) in [5.74, 6) is -0.287. The van der Waals surface area contributed by atoms with Gasteiger partial charge in [0.15, 0.2) is 0 Å². The molecule has 0 aliphatic rings. The van der Waals surface area contributed by atoms with Gasteiger partial charge in [-0.05, 0) is 19.4 Å². The van der Waals surface area contributed by atoms with Gasteiger partial charge in [-0.3, -0.25) is 4.99 Å². The summed E-state index contributed by atoms with van der Waals surface area (Å²) in [6.07, 6.45) is 1.68. The van der Waals surface area contributed by atoms with Crippen LogP contribution in [0.2, 0.25) is 0 Å². The molecule has 0 radical (unpaired) electrons. The summed E-state index contributed by atoms with van der Waals surface area (Å²) in [6, 6.07) is 9.21. The van der Waals surface area contributed by atoms with Crippen LogP contribution in [0.25, 0.3) is 0 Å². The number of benzene rings is 1. The average Bonchev–Trinajstić information content (AvgIpc) is 2.27. The van der Waals surface area contributed by atoms with Gasteiger partial charge >= 0.3 is 5.97 Å². The van der Waals surface area contributed by atoms with Crippen LogP contribution in [0.3, 0.4) is 0 Å². The molecule has 1 atom stereocenters. The normalized spacial score (nSPS) is 12.7. The van der Waals surface area contributed by atoms with Gasteiger partial charge in [-0.15, -0.1) is 0 Å². The number of esters is 1. The Morgan fingerprint density at radius 3 is 2.73 bits per heavy atom. The molecule has 0 aliphatic heterocycles. The summed E-state index contributed by atoms with van der Waals surface area (Å²) in [7, 11) is 0. The van der Waals surface area contributed by atoms with Crippen LogP contribution in [0.5, 0.6) is 0 Å². The Kier molecular flexibility index (Phi) is 4.54. The van der Waals surface area contributed by atoms with E-state index in [1.165, 1.54) is 0 Å². The summed E-state index contributed by atoms with van der Waals surface area (Å²) in [5, 5.41) is 0. The van der Waals surface area contributed by atoms with Crippen molar-refractivity contribution in [1.82, 2.24) is 0 Å². The summed E-state index contributed by atoms with van der Waals surface area (Å²) >= 11 is 0. The molecule has 0 amide bonds. The van der Waals surface area contributed by atoms with Crippen molar-refractivity contribution >= 4 is 12.2 Å². The number of ether oxygens (including phenoxy) is 1. The number of hydrogen-bond acceptors (Lipinski definition) is 3. The Labute approximate surface area is 89.8 Å². The van der Waals surface area contributed by atoms with Crippen molar-refractivity contribution in [3.05, 3.63) is 35.9 Å². The Morgan fingerprint density at radius 2 is 2.13 bits per heavy atom. The molecule has 1 rings (SSSR count). The minimum absolute atomic E-state index is 0.287. The Morgan fingerprint density at radius 1 is 1.47 bits per heavy atom. The Balaban J connectivity index is 2.54. The van der Waals surface area contributed by atoms with Crippen LogP contribution in [0.1, 0.15) is 19.4 Å². The van der Waals surface area contributed by atoms with Crippen molar-refractivity contribution in [2.24, 2.45) is 4.99 Å².